The summed E-state index contributed by atoms with van der Waals surface area (Å²) in [5.41, 5.74) is 2.34. The summed E-state index contributed by atoms with van der Waals surface area (Å²) in [6.45, 7) is 1.95. The van der Waals surface area contributed by atoms with E-state index in [9.17, 15) is 14.7 Å². The number of fused-ring (bicyclic) bond motifs is 2. The number of amides is 2. The molecular weight excluding hydrogens is 539 g/mol. The van der Waals surface area contributed by atoms with E-state index in [0.717, 1.165) is 30.8 Å². The first kappa shape index (κ1) is 28.9. The van der Waals surface area contributed by atoms with Crippen LogP contribution in [0.15, 0.2) is 41.4 Å². The molecule has 1 fully saturated rings. The molecular formula is C24H28Cl2N6O4S. The number of β-amino-alcohol motifs (C(OH)–C–C–N with tert-alkyl or cyclic N) is 1. The molecule has 0 bridgehead atoms. The second-order valence-electron chi connectivity index (χ2n) is 8.57. The summed E-state index contributed by atoms with van der Waals surface area (Å²) in [4.78, 5) is 40.5. The number of pyridine rings is 3. The molecule has 2 amide bonds. The maximum absolute atomic E-state index is 12.7. The molecule has 0 radical (unpaired) electrons. The molecule has 2 aliphatic rings. The van der Waals surface area contributed by atoms with Gasteiger partial charge >= 0.3 is 0 Å². The Bertz CT molecular complexity index is 1280. The van der Waals surface area contributed by atoms with Gasteiger partial charge in [-0.2, -0.15) is 0 Å². The van der Waals surface area contributed by atoms with Crippen LogP contribution in [0.4, 0.5) is 5.82 Å². The van der Waals surface area contributed by atoms with Crippen LogP contribution in [0.1, 0.15) is 35.0 Å². The largest absolute Gasteiger partial charge is 0.481 e. The van der Waals surface area contributed by atoms with Crippen molar-refractivity contribution in [1.29, 1.82) is 0 Å². The van der Waals surface area contributed by atoms with Gasteiger partial charge in [-0.25, -0.2) is 9.97 Å². The Morgan fingerprint density at radius 2 is 2.00 bits per heavy atom. The van der Waals surface area contributed by atoms with E-state index in [1.54, 1.807) is 31.5 Å². The molecule has 0 aromatic carbocycles. The molecule has 198 valence electrons. The number of halogens is 2. The summed E-state index contributed by atoms with van der Waals surface area (Å²) < 4.78 is 5.23. The maximum atomic E-state index is 12.7. The number of aliphatic hydroxyl groups is 1. The van der Waals surface area contributed by atoms with Crippen LogP contribution >= 0.6 is 36.6 Å². The molecule has 1 saturated heterocycles. The fraction of sp³-hybridized carbons (Fsp3) is 0.375. The van der Waals surface area contributed by atoms with E-state index in [0.29, 0.717) is 40.6 Å². The van der Waals surface area contributed by atoms with E-state index >= 15 is 0 Å². The highest BCUT2D eigenvalue weighted by Crippen LogP contribution is 2.30. The van der Waals surface area contributed by atoms with E-state index in [2.05, 4.69) is 30.5 Å². The zero-order valence-electron chi connectivity index (χ0n) is 20.0. The third-order valence-corrected chi connectivity index (χ3v) is 7.27. The molecule has 37 heavy (non-hydrogen) atoms. The zero-order chi connectivity index (χ0) is 24.4. The first-order valence-corrected chi connectivity index (χ1v) is 12.4. The van der Waals surface area contributed by atoms with Gasteiger partial charge < -0.3 is 25.4 Å². The van der Waals surface area contributed by atoms with Crippen molar-refractivity contribution >= 4 is 65.2 Å². The van der Waals surface area contributed by atoms with Gasteiger partial charge in [0.15, 0.2) is 0 Å². The predicted molar refractivity (Wildman–Crippen MR) is 146 cm³/mol. The van der Waals surface area contributed by atoms with Crippen LogP contribution in [0, 0.1) is 0 Å². The molecule has 3 N–H and O–H groups in total. The number of thioether (sulfide) groups is 1. The number of aliphatic hydroxyl groups excluding tert-OH is 1. The molecule has 0 spiro atoms. The van der Waals surface area contributed by atoms with Crippen molar-refractivity contribution in [1.82, 2.24) is 25.2 Å². The number of hydrogen-bond donors (Lipinski definition) is 3. The molecule has 2 aliphatic heterocycles. The van der Waals surface area contributed by atoms with Gasteiger partial charge in [0.2, 0.25) is 11.8 Å². The molecule has 0 unspecified atom stereocenters. The summed E-state index contributed by atoms with van der Waals surface area (Å²) >= 11 is 1.41. The van der Waals surface area contributed by atoms with Gasteiger partial charge in [0, 0.05) is 43.5 Å². The second kappa shape index (κ2) is 12.7. The zero-order valence-corrected chi connectivity index (χ0v) is 22.5. The normalized spacial score (nSPS) is 16.5. The van der Waals surface area contributed by atoms with E-state index < -0.39 is 6.10 Å². The lowest BCUT2D eigenvalue weighted by atomic mass is 10.0. The Labute approximate surface area is 230 Å². The minimum atomic E-state index is -0.723. The molecule has 3 aromatic rings. The van der Waals surface area contributed by atoms with Crippen molar-refractivity contribution in [2.75, 3.05) is 37.8 Å². The SMILES string of the molecule is COc1ccc2nccc([C@@H](O)CN3CCC(NC(=O)c4ccc5c(n4)NC(=O)CS5)CC3)c2n1.Cl.Cl. The number of nitrogens with one attached hydrogen (secondary N) is 2. The van der Waals surface area contributed by atoms with Gasteiger partial charge in [-0.05, 0) is 37.1 Å². The summed E-state index contributed by atoms with van der Waals surface area (Å²) in [7, 11) is 1.56. The van der Waals surface area contributed by atoms with Crippen molar-refractivity contribution in [2.45, 2.75) is 29.9 Å². The minimum Gasteiger partial charge on any atom is -0.481 e. The third-order valence-electron chi connectivity index (χ3n) is 6.22. The fourth-order valence-corrected chi connectivity index (χ4v) is 5.12. The third kappa shape index (κ3) is 6.60. The number of anilines is 1. The summed E-state index contributed by atoms with van der Waals surface area (Å²) in [5, 5.41) is 16.7. The van der Waals surface area contributed by atoms with Crippen LogP contribution in [0.5, 0.6) is 5.88 Å². The van der Waals surface area contributed by atoms with Crippen LogP contribution in [0.3, 0.4) is 0 Å². The Morgan fingerprint density at radius 1 is 1.22 bits per heavy atom. The van der Waals surface area contributed by atoms with Crippen molar-refractivity contribution in [3.8, 4) is 5.88 Å². The number of rotatable bonds is 6. The number of nitrogens with zero attached hydrogens (tertiary/aromatic N) is 4. The number of methoxy groups -OCH3 is 1. The highest BCUT2D eigenvalue weighted by molar-refractivity contribution is 8.00. The lowest BCUT2D eigenvalue weighted by Crippen LogP contribution is -2.45. The van der Waals surface area contributed by atoms with Gasteiger partial charge in [0.1, 0.15) is 11.5 Å². The molecule has 5 heterocycles. The topological polar surface area (TPSA) is 130 Å². The number of ether oxygens (including phenoxy) is 1. The van der Waals surface area contributed by atoms with Gasteiger partial charge in [0.25, 0.3) is 5.91 Å². The first-order valence-electron chi connectivity index (χ1n) is 11.4. The smallest absolute Gasteiger partial charge is 0.270 e. The Balaban J connectivity index is 0.00000190. The van der Waals surface area contributed by atoms with Crippen molar-refractivity contribution < 1.29 is 19.4 Å². The Morgan fingerprint density at radius 3 is 2.76 bits per heavy atom. The van der Waals surface area contributed by atoms with E-state index in [1.807, 2.05) is 12.1 Å². The Hall–Kier alpha value is -2.70. The highest BCUT2D eigenvalue weighted by atomic mass is 35.5. The molecule has 1 atom stereocenters. The lowest BCUT2D eigenvalue weighted by molar-refractivity contribution is -0.113. The van der Waals surface area contributed by atoms with Crippen LogP contribution < -0.4 is 15.4 Å². The average Bonchev–Trinajstić information content (AvgIpc) is 2.88. The monoisotopic (exact) mass is 566 g/mol. The predicted octanol–water partition coefficient (Wildman–Crippen LogP) is 2.85. The fourth-order valence-electron chi connectivity index (χ4n) is 4.36. The number of aromatic nitrogens is 3. The van der Waals surface area contributed by atoms with Gasteiger partial charge in [-0.15, -0.1) is 36.6 Å². The molecule has 0 saturated carbocycles. The lowest BCUT2D eigenvalue weighted by Gasteiger charge is -2.33. The van der Waals surface area contributed by atoms with Crippen molar-refractivity contribution in [2.24, 2.45) is 0 Å². The van der Waals surface area contributed by atoms with E-state index in [4.69, 9.17) is 4.74 Å². The maximum Gasteiger partial charge on any atom is 0.270 e. The molecule has 10 nitrogen and oxygen atoms in total. The number of hydrogen-bond acceptors (Lipinski definition) is 9. The van der Waals surface area contributed by atoms with Crippen LogP contribution in [0.2, 0.25) is 0 Å². The van der Waals surface area contributed by atoms with Crippen LogP contribution in [0.25, 0.3) is 11.0 Å². The average molecular weight is 567 g/mol. The van der Waals surface area contributed by atoms with Gasteiger partial charge in [-0.3, -0.25) is 14.6 Å². The minimum absolute atomic E-state index is 0. The number of carbonyl (C=O) groups excluding carboxylic acids is 2. The van der Waals surface area contributed by atoms with Crippen molar-refractivity contribution in [3.63, 3.8) is 0 Å². The van der Waals surface area contributed by atoms with Crippen LogP contribution in [-0.4, -0.2) is 75.3 Å². The van der Waals surface area contributed by atoms with E-state index in [-0.39, 0.29) is 48.4 Å². The second-order valence-corrected chi connectivity index (χ2v) is 9.58. The number of piperidine rings is 1. The van der Waals surface area contributed by atoms with Gasteiger partial charge in [-0.1, -0.05) is 0 Å². The van der Waals surface area contributed by atoms with Crippen LogP contribution in [-0.2, 0) is 4.79 Å². The number of carbonyl (C=O) groups is 2. The summed E-state index contributed by atoms with van der Waals surface area (Å²) in [5.74, 6) is 0.912. The van der Waals surface area contributed by atoms with Crippen molar-refractivity contribution in [3.05, 3.63) is 47.8 Å². The molecule has 3 aromatic heterocycles. The number of likely N-dealkylation sites (tertiary alicyclic amines) is 1. The summed E-state index contributed by atoms with van der Waals surface area (Å²) in [6.07, 6.45) is 2.48. The highest BCUT2D eigenvalue weighted by Gasteiger charge is 2.25. The standard InChI is InChI=1S/C24H26N6O4S.2ClH/c1-34-21-5-3-16-22(29-21)15(6-9-25-16)18(31)12-30-10-7-14(8-11-30)26-24(33)17-2-4-19-23(27-17)28-20(32)13-35-19;;/h2-6,9,14,18,31H,7-8,10-13H2,1H3,(H,26,33)(H,27,28,32);2*1H/t18-;;/m0../s1. The molecule has 5 rings (SSSR count). The first-order chi connectivity index (χ1) is 17.0. The quantitative estimate of drug-likeness (QED) is 0.412. The molecule has 0 aliphatic carbocycles. The van der Waals surface area contributed by atoms with Gasteiger partial charge in [0.05, 0.1) is 34.9 Å². The summed E-state index contributed by atoms with van der Waals surface area (Å²) in [6, 6.07) is 8.89. The van der Waals surface area contributed by atoms with E-state index in [1.165, 1.54) is 11.8 Å². The molecule has 13 heteroatoms. The Kier molecular flexibility index (Phi) is 9.91.